The lowest BCUT2D eigenvalue weighted by Crippen LogP contribution is -2.65. The van der Waals surface area contributed by atoms with Crippen LogP contribution in [-0.2, 0) is 20.2 Å². The van der Waals surface area contributed by atoms with Gasteiger partial charge in [-0.2, -0.15) is 5.26 Å². The summed E-state index contributed by atoms with van der Waals surface area (Å²) >= 11 is 5.88. The molecule has 2 atom stereocenters. The number of nitrogens with zero attached hydrogens (tertiary/aromatic N) is 4. The quantitative estimate of drug-likeness (QED) is 0.0542. The second-order valence-corrected chi connectivity index (χ2v) is 9.43. The Morgan fingerprint density at radius 3 is 2.63 bits per heavy atom. The number of carbonyl (C=O) groups excluding carboxylic acids is 1. The van der Waals surface area contributed by atoms with E-state index >= 15 is 0 Å². The Morgan fingerprint density at radius 1 is 1.26 bits per heavy atom. The molecule has 1 fully saturated rings. The minimum Gasteiger partial charge on any atom is -0.494 e. The van der Waals surface area contributed by atoms with Crippen molar-refractivity contribution in [3.05, 3.63) is 53.8 Å². The van der Waals surface area contributed by atoms with Crippen molar-refractivity contribution in [1.29, 1.82) is 5.26 Å². The summed E-state index contributed by atoms with van der Waals surface area (Å²) in [6, 6.07) is 10.8. The highest BCUT2D eigenvalue weighted by Crippen LogP contribution is 2.29. The Hall–Kier alpha value is -3.39. The van der Waals surface area contributed by atoms with E-state index < -0.39 is 5.91 Å². The number of hydrogen-bond acceptors (Lipinski definition) is 7. The number of aliphatic imine (C=N–C) groups is 1. The maximum Gasteiger partial charge on any atom is 0.439 e. The Morgan fingerprint density at radius 2 is 2.00 bits per heavy atom. The van der Waals surface area contributed by atoms with Crippen LogP contribution in [0.5, 0.6) is 5.75 Å². The van der Waals surface area contributed by atoms with Crippen molar-refractivity contribution in [3.63, 3.8) is 0 Å². The third kappa shape index (κ3) is 8.05. The number of guanidine groups is 1. The molecule has 0 saturated carbocycles. The molecule has 2 unspecified atom stereocenters. The van der Waals surface area contributed by atoms with Gasteiger partial charge in [0.15, 0.2) is 18.6 Å². The number of pyridine rings is 1. The average molecular weight is 544 g/mol. The molecule has 2 heterocycles. The molecule has 0 aliphatic carbocycles. The maximum atomic E-state index is 11.3. The molecule has 1 aromatic heterocycles. The molecule has 11 heteroatoms. The Labute approximate surface area is 228 Å². The third-order valence-corrected chi connectivity index (χ3v) is 6.75. The first-order valence-electron chi connectivity index (χ1n) is 12.8. The number of benzene rings is 1. The van der Waals surface area contributed by atoms with Crippen molar-refractivity contribution >= 4 is 29.7 Å². The molecule has 38 heavy (non-hydrogen) atoms. The molecule has 1 aromatic carbocycles. The molecule has 1 aliphatic rings. The molecule has 3 rings (SSSR count). The summed E-state index contributed by atoms with van der Waals surface area (Å²) in [5.41, 5.74) is 6.69. The van der Waals surface area contributed by atoms with E-state index in [-0.39, 0.29) is 11.9 Å². The Bertz CT molecular complexity index is 1070. The second kappa shape index (κ2) is 15.1. The minimum atomic E-state index is -1.26. The molecule has 10 nitrogen and oxygen atoms in total. The maximum absolute atomic E-state index is 11.3. The first kappa shape index (κ1) is 29.2. The van der Waals surface area contributed by atoms with E-state index in [1.807, 2.05) is 12.1 Å². The van der Waals surface area contributed by atoms with Crippen molar-refractivity contribution in [1.82, 2.24) is 10.2 Å². The van der Waals surface area contributed by atoms with Crippen LogP contribution in [-0.4, -0.2) is 50.7 Å². The Kier molecular flexibility index (Phi) is 11.6. The van der Waals surface area contributed by atoms with Crippen LogP contribution in [0.25, 0.3) is 0 Å². The summed E-state index contributed by atoms with van der Waals surface area (Å²) < 4.78 is 18.6. The number of carbonyl (C=O) groups is 1. The molecule has 1 saturated heterocycles. The van der Waals surface area contributed by atoms with E-state index in [0.717, 1.165) is 50.8 Å². The number of aromatic nitrogens is 1. The fourth-order valence-corrected chi connectivity index (χ4v) is 4.60. The normalized spacial score (nSPS) is 17.2. The van der Waals surface area contributed by atoms with Gasteiger partial charge in [-0.3, -0.25) is 9.53 Å². The van der Waals surface area contributed by atoms with Crippen molar-refractivity contribution in [3.8, 4) is 11.9 Å². The number of nitrogens with one attached hydrogen (secondary N) is 1. The number of rotatable bonds is 14. The summed E-state index contributed by atoms with van der Waals surface area (Å²) in [4.78, 5) is 17.1. The molecule has 0 spiro atoms. The van der Waals surface area contributed by atoms with Crippen LogP contribution in [0.3, 0.4) is 0 Å². The lowest BCUT2D eigenvalue weighted by molar-refractivity contribution is -0.858. The van der Waals surface area contributed by atoms with Gasteiger partial charge >= 0.3 is 5.91 Å². The summed E-state index contributed by atoms with van der Waals surface area (Å²) in [6.45, 7) is 3.09. The first-order valence-corrected chi connectivity index (χ1v) is 13.2. The molecule has 0 bridgehead atoms. The van der Waals surface area contributed by atoms with Gasteiger partial charge in [-0.25, -0.2) is 9.89 Å². The van der Waals surface area contributed by atoms with E-state index in [1.165, 1.54) is 12.0 Å². The highest BCUT2D eigenvalue weighted by atomic mass is 35.5. The topological polar surface area (TPSA) is 126 Å². The zero-order chi connectivity index (χ0) is 27.2. The van der Waals surface area contributed by atoms with Crippen LogP contribution in [0, 0.1) is 17.4 Å². The number of nitriles is 1. The van der Waals surface area contributed by atoms with Crippen LogP contribution in [0.2, 0.25) is 5.02 Å². The molecule has 0 radical (unpaired) electrons. The van der Waals surface area contributed by atoms with Crippen LogP contribution in [0.1, 0.15) is 38.5 Å². The van der Waals surface area contributed by atoms with Crippen molar-refractivity contribution in [2.75, 3.05) is 33.4 Å². The van der Waals surface area contributed by atoms with Gasteiger partial charge in [0.05, 0.1) is 12.3 Å². The molecular weight excluding hydrogens is 508 g/mol. The van der Waals surface area contributed by atoms with E-state index in [9.17, 15) is 10.1 Å². The van der Waals surface area contributed by atoms with Gasteiger partial charge in [0.1, 0.15) is 11.7 Å². The van der Waals surface area contributed by atoms with E-state index in [4.69, 9.17) is 31.5 Å². The van der Waals surface area contributed by atoms with Crippen molar-refractivity contribution in [2.24, 2.45) is 16.6 Å². The largest absolute Gasteiger partial charge is 0.494 e. The summed E-state index contributed by atoms with van der Waals surface area (Å²) in [6.07, 6.45) is 11.0. The molecule has 2 aromatic rings. The summed E-state index contributed by atoms with van der Waals surface area (Å²) in [7, 11) is 1.52. The zero-order valence-electron chi connectivity index (χ0n) is 21.7. The van der Waals surface area contributed by atoms with E-state index in [0.29, 0.717) is 36.9 Å². The smallest absolute Gasteiger partial charge is 0.439 e. The molecule has 1 aliphatic heterocycles. The van der Waals surface area contributed by atoms with Gasteiger partial charge in [0.2, 0.25) is 5.96 Å². The monoisotopic (exact) mass is 543 g/mol. The van der Waals surface area contributed by atoms with Crippen LogP contribution in [0.4, 0.5) is 5.69 Å². The lowest BCUT2D eigenvalue weighted by atomic mass is 9.95. The number of unbranched alkanes of at least 4 members (excludes halogenated alkanes) is 3. The van der Waals surface area contributed by atoms with Crippen molar-refractivity contribution in [2.45, 2.75) is 44.4 Å². The summed E-state index contributed by atoms with van der Waals surface area (Å²) in [5, 5.41) is 13.6. The van der Waals surface area contributed by atoms with Gasteiger partial charge in [0, 0.05) is 37.4 Å². The average Bonchev–Trinajstić information content (AvgIpc) is 2.95. The number of hydrogen-bond donors (Lipinski definition) is 2. The van der Waals surface area contributed by atoms with Gasteiger partial charge in [-0.15, -0.1) is 4.57 Å². The predicted molar refractivity (Wildman–Crippen MR) is 143 cm³/mol. The molecule has 0 amide bonds. The van der Waals surface area contributed by atoms with Gasteiger partial charge in [-0.1, -0.05) is 24.4 Å². The Balaban J connectivity index is 1.50. The SMILES string of the molecule is COC(OC=O)(C1CCCNC1)[n+]1ccc(N=C(N)N(C#N)CCCCCCOc2ccc(Cl)cc2)cc1. The van der Waals surface area contributed by atoms with Crippen molar-refractivity contribution < 1.29 is 23.6 Å². The minimum absolute atomic E-state index is 0.0612. The van der Waals surface area contributed by atoms with Gasteiger partial charge < -0.3 is 20.5 Å². The van der Waals surface area contributed by atoms with Crippen LogP contribution in [0.15, 0.2) is 53.8 Å². The lowest BCUT2D eigenvalue weighted by Gasteiger charge is -2.33. The number of methoxy groups -OCH3 is 1. The first-order chi connectivity index (χ1) is 18.5. The molecule has 3 N–H and O–H groups in total. The van der Waals surface area contributed by atoms with Gasteiger partial charge in [0.25, 0.3) is 6.47 Å². The van der Waals surface area contributed by atoms with Crippen LogP contribution < -0.4 is 20.4 Å². The number of halogens is 1. The molecular formula is C27H36ClN6O4+. The number of piperidine rings is 1. The summed E-state index contributed by atoms with van der Waals surface area (Å²) in [5.74, 6) is -0.402. The fraction of sp³-hybridized carbons (Fsp3) is 0.481. The third-order valence-electron chi connectivity index (χ3n) is 6.49. The molecule has 204 valence electrons. The second-order valence-electron chi connectivity index (χ2n) is 8.99. The van der Waals surface area contributed by atoms with Gasteiger partial charge in [-0.05, 0) is 56.5 Å². The van der Waals surface area contributed by atoms with E-state index in [1.54, 1.807) is 41.2 Å². The fourth-order valence-electron chi connectivity index (χ4n) is 4.48. The predicted octanol–water partition coefficient (Wildman–Crippen LogP) is 3.43. The highest BCUT2D eigenvalue weighted by Gasteiger charge is 2.51. The van der Waals surface area contributed by atoms with E-state index in [2.05, 4.69) is 16.5 Å². The standard InChI is InChI=1S/C27H35ClN6O4/c1-36-27(38-21-35,22-7-6-14-31-19-22)34-16-12-24(13-17-34)32-26(30)33(20-29)15-4-2-3-5-18-37-25-10-8-23(28)9-11-25/h8-13,16-17,21-22,30-31H,2-7,14-15,18-19H2,1H3/p+1. The van der Waals surface area contributed by atoms with Crippen LogP contribution >= 0.6 is 11.6 Å². The zero-order valence-corrected chi connectivity index (χ0v) is 22.5. The number of nitrogens with two attached hydrogens (primary N) is 1. The highest BCUT2D eigenvalue weighted by molar-refractivity contribution is 6.30. The number of ether oxygens (including phenoxy) is 3.